The Balaban J connectivity index is 1.45. The molecule has 3 rings (SSSR count). The monoisotopic (exact) mass is 478 g/mol. The average molecular weight is 479 g/mol. The van der Waals surface area contributed by atoms with Crippen molar-refractivity contribution in [1.29, 1.82) is 0 Å². The van der Waals surface area contributed by atoms with Crippen LogP contribution in [-0.2, 0) is 21.3 Å². The van der Waals surface area contributed by atoms with E-state index in [9.17, 15) is 18.0 Å². The molecule has 0 unspecified atom stereocenters. The molecule has 1 aromatic carbocycles. The van der Waals surface area contributed by atoms with Crippen LogP contribution >= 0.6 is 0 Å². The maximum atomic E-state index is 12.4. The highest BCUT2D eigenvalue weighted by Gasteiger charge is 2.27. The van der Waals surface area contributed by atoms with Gasteiger partial charge < -0.3 is 15.0 Å². The van der Waals surface area contributed by atoms with Gasteiger partial charge in [0, 0.05) is 19.6 Å². The summed E-state index contributed by atoms with van der Waals surface area (Å²) < 4.78 is 29.6. The number of carbonyl (C=O) groups excluding carboxylic acids is 2. The van der Waals surface area contributed by atoms with E-state index in [1.165, 1.54) is 23.0 Å². The molecule has 1 fully saturated rings. The largest absolute Gasteiger partial charge is 0.444 e. The smallest absolute Gasteiger partial charge is 0.410 e. The number of hydrogen-bond donors (Lipinski definition) is 2. The summed E-state index contributed by atoms with van der Waals surface area (Å²) >= 11 is 0. The van der Waals surface area contributed by atoms with E-state index >= 15 is 0 Å². The van der Waals surface area contributed by atoms with E-state index in [1.54, 1.807) is 17.0 Å². The van der Waals surface area contributed by atoms with Crippen molar-refractivity contribution in [2.45, 2.75) is 50.7 Å². The van der Waals surface area contributed by atoms with E-state index in [0.29, 0.717) is 26.2 Å². The Morgan fingerprint density at radius 3 is 2.39 bits per heavy atom. The number of likely N-dealkylation sites (tertiary alicyclic amines) is 1. The summed E-state index contributed by atoms with van der Waals surface area (Å²) in [6.07, 6.45) is 2.79. The highest BCUT2D eigenvalue weighted by atomic mass is 32.2. The van der Waals surface area contributed by atoms with Gasteiger partial charge in [-0.2, -0.15) is 0 Å². The number of piperidine rings is 1. The number of sulfonamides is 1. The zero-order chi connectivity index (χ0) is 24.2. The first-order valence-electron chi connectivity index (χ1n) is 10.7. The predicted octanol–water partition coefficient (Wildman–Crippen LogP) is 1.35. The fourth-order valence-electron chi connectivity index (χ4n) is 3.43. The van der Waals surface area contributed by atoms with E-state index in [1.807, 2.05) is 20.8 Å². The molecule has 0 radical (unpaired) electrons. The molecule has 33 heavy (non-hydrogen) atoms. The van der Waals surface area contributed by atoms with Gasteiger partial charge in [-0.3, -0.25) is 4.79 Å². The van der Waals surface area contributed by atoms with Crippen LogP contribution in [0.1, 0.15) is 49.7 Å². The average Bonchev–Trinajstić information content (AvgIpc) is 3.19. The molecule has 0 aliphatic carbocycles. The number of carbonyl (C=O) groups is 2. The van der Waals surface area contributed by atoms with Crippen LogP contribution in [0.3, 0.4) is 0 Å². The van der Waals surface area contributed by atoms with Crippen molar-refractivity contribution in [2.24, 2.45) is 11.1 Å². The third-order valence-electron chi connectivity index (χ3n) is 5.19. The Bertz CT molecular complexity index is 1080. The lowest BCUT2D eigenvalue weighted by Gasteiger charge is -2.33. The first-order valence-corrected chi connectivity index (χ1v) is 12.2. The molecule has 12 heteroatoms. The van der Waals surface area contributed by atoms with Crippen LogP contribution in [0.15, 0.2) is 35.4 Å². The van der Waals surface area contributed by atoms with Crippen LogP contribution in [0.2, 0.25) is 0 Å². The number of benzene rings is 1. The molecular formula is C21H30N6O5S. The van der Waals surface area contributed by atoms with Crippen LogP contribution in [-0.4, -0.2) is 65.5 Å². The molecule has 0 spiro atoms. The van der Waals surface area contributed by atoms with Crippen molar-refractivity contribution in [3.05, 3.63) is 41.7 Å². The van der Waals surface area contributed by atoms with Gasteiger partial charge in [0.2, 0.25) is 10.0 Å². The SMILES string of the molecule is CC(C)(C)OC(=O)N1CCC(CNC(=O)c2cn(Cc3ccc(S(N)(=O)=O)cc3)nn2)CC1. The molecule has 0 saturated carbocycles. The normalized spacial score (nSPS) is 15.3. The maximum absolute atomic E-state index is 12.4. The van der Waals surface area contributed by atoms with Crippen LogP contribution < -0.4 is 10.5 Å². The van der Waals surface area contributed by atoms with Gasteiger partial charge in [0.05, 0.1) is 17.6 Å². The first kappa shape index (κ1) is 24.6. The minimum absolute atomic E-state index is 0.0295. The lowest BCUT2D eigenvalue weighted by molar-refractivity contribution is 0.0183. The van der Waals surface area contributed by atoms with Crippen LogP contribution in [0.5, 0.6) is 0 Å². The van der Waals surface area contributed by atoms with Gasteiger partial charge in [-0.05, 0) is 57.2 Å². The molecule has 0 atom stereocenters. The minimum Gasteiger partial charge on any atom is -0.444 e. The van der Waals surface area contributed by atoms with Crippen LogP contribution in [0.25, 0.3) is 0 Å². The second-order valence-corrected chi connectivity index (χ2v) is 10.7. The molecule has 1 aliphatic heterocycles. The van der Waals surface area contributed by atoms with Crippen molar-refractivity contribution in [1.82, 2.24) is 25.2 Å². The van der Waals surface area contributed by atoms with Crippen molar-refractivity contribution >= 4 is 22.0 Å². The Morgan fingerprint density at radius 2 is 1.82 bits per heavy atom. The van der Waals surface area contributed by atoms with Crippen molar-refractivity contribution < 1.29 is 22.7 Å². The summed E-state index contributed by atoms with van der Waals surface area (Å²) in [6, 6.07) is 6.10. The van der Waals surface area contributed by atoms with Crippen molar-refractivity contribution in [3.63, 3.8) is 0 Å². The lowest BCUT2D eigenvalue weighted by atomic mass is 9.97. The van der Waals surface area contributed by atoms with Gasteiger partial charge in [-0.25, -0.2) is 23.0 Å². The van der Waals surface area contributed by atoms with Gasteiger partial charge in [0.25, 0.3) is 5.91 Å². The minimum atomic E-state index is -3.74. The Kier molecular flexibility index (Phi) is 7.38. The van der Waals surface area contributed by atoms with Crippen LogP contribution in [0.4, 0.5) is 4.79 Å². The Morgan fingerprint density at radius 1 is 1.18 bits per heavy atom. The zero-order valence-corrected chi connectivity index (χ0v) is 19.8. The van der Waals surface area contributed by atoms with Crippen molar-refractivity contribution in [2.75, 3.05) is 19.6 Å². The van der Waals surface area contributed by atoms with Gasteiger partial charge in [0.1, 0.15) is 5.60 Å². The quantitative estimate of drug-likeness (QED) is 0.636. The number of primary sulfonamides is 1. The summed E-state index contributed by atoms with van der Waals surface area (Å²) in [5.74, 6) is -0.0552. The maximum Gasteiger partial charge on any atom is 0.410 e. The number of amides is 2. The molecule has 3 N–H and O–H groups in total. The van der Waals surface area contributed by atoms with Gasteiger partial charge in [-0.1, -0.05) is 17.3 Å². The predicted molar refractivity (Wildman–Crippen MR) is 120 cm³/mol. The lowest BCUT2D eigenvalue weighted by Crippen LogP contribution is -2.43. The Labute approximate surface area is 193 Å². The van der Waals surface area contributed by atoms with Gasteiger partial charge in [0.15, 0.2) is 5.69 Å². The first-order chi connectivity index (χ1) is 15.4. The molecule has 1 aromatic heterocycles. The molecule has 180 valence electrons. The summed E-state index contributed by atoms with van der Waals surface area (Å²) in [4.78, 5) is 26.3. The van der Waals surface area contributed by atoms with E-state index in [4.69, 9.17) is 9.88 Å². The second kappa shape index (κ2) is 9.87. The zero-order valence-electron chi connectivity index (χ0n) is 19.0. The number of hydrogen-bond acceptors (Lipinski definition) is 7. The second-order valence-electron chi connectivity index (χ2n) is 9.11. The summed E-state index contributed by atoms with van der Waals surface area (Å²) in [5, 5.41) is 15.9. The highest BCUT2D eigenvalue weighted by Crippen LogP contribution is 2.19. The number of aromatic nitrogens is 3. The van der Waals surface area contributed by atoms with E-state index < -0.39 is 15.6 Å². The number of nitrogens with one attached hydrogen (secondary N) is 1. The molecule has 2 amide bonds. The fourth-order valence-corrected chi connectivity index (χ4v) is 3.94. The number of nitrogens with zero attached hydrogens (tertiary/aromatic N) is 4. The Hall–Kier alpha value is -2.99. The van der Waals surface area contributed by atoms with Crippen molar-refractivity contribution in [3.8, 4) is 0 Å². The summed E-state index contributed by atoms with van der Waals surface area (Å²) in [5.41, 5.74) is 0.465. The fraction of sp³-hybridized carbons (Fsp3) is 0.524. The molecule has 2 aromatic rings. The molecule has 1 saturated heterocycles. The van der Waals surface area contributed by atoms with Gasteiger partial charge in [-0.15, -0.1) is 5.10 Å². The highest BCUT2D eigenvalue weighted by molar-refractivity contribution is 7.89. The summed E-state index contributed by atoms with van der Waals surface area (Å²) in [7, 11) is -3.74. The molecule has 0 bridgehead atoms. The van der Waals surface area contributed by atoms with E-state index in [-0.39, 0.29) is 28.5 Å². The number of ether oxygens (including phenoxy) is 1. The number of rotatable bonds is 6. The summed E-state index contributed by atoms with van der Waals surface area (Å²) in [6.45, 7) is 7.53. The van der Waals surface area contributed by atoms with Gasteiger partial charge >= 0.3 is 6.09 Å². The molecular weight excluding hydrogens is 448 g/mol. The third kappa shape index (κ3) is 7.26. The van der Waals surface area contributed by atoms with E-state index in [2.05, 4.69) is 15.6 Å². The van der Waals surface area contributed by atoms with Crippen LogP contribution in [0, 0.1) is 5.92 Å². The number of nitrogens with two attached hydrogens (primary N) is 1. The standard InChI is InChI=1S/C21H30N6O5S/c1-21(2,3)32-20(29)26-10-8-15(9-11-26)12-23-19(28)18-14-27(25-24-18)13-16-4-6-17(7-5-16)33(22,30)31/h4-7,14-15H,8-13H2,1-3H3,(H,23,28)(H2,22,30,31). The molecule has 11 nitrogen and oxygen atoms in total. The topological polar surface area (TPSA) is 150 Å². The molecule has 1 aliphatic rings. The van der Waals surface area contributed by atoms with E-state index in [0.717, 1.165) is 18.4 Å². The molecule has 2 heterocycles. The third-order valence-corrected chi connectivity index (χ3v) is 6.11.